The van der Waals surface area contributed by atoms with Crippen LogP contribution in [0, 0.1) is 0 Å². The number of carbonyl (C=O) groups excluding carboxylic acids is 2. The molecule has 4 rings (SSSR count). The summed E-state index contributed by atoms with van der Waals surface area (Å²) < 4.78 is 6.12. The van der Waals surface area contributed by atoms with Crippen molar-refractivity contribution < 1.29 is 14.3 Å². The Labute approximate surface area is 161 Å². The first-order valence-corrected chi connectivity index (χ1v) is 9.76. The number of para-hydroxylation sites is 1. The number of amides is 2. The topological polar surface area (TPSA) is 49.9 Å². The number of nitrogens with zero attached hydrogens (tertiary/aromatic N) is 2. The van der Waals surface area contributed by atoms with Crippen molar-refractivity contribution in [2.45, 2.75) is 18.9 Å². The second-order valence-electron chi connectivity index (χ2n) is 6.34. The molecule has 2 amide bonds. The van der Waals surface area contributed by atoms with E-state index in [9.17, 15) is 9.59 Å². The molecule has 0 aromatic heterocycles. The van der Waals surface area contributed by atoms with E-state index in [1.807, 2.05) is 24.3 Å². The van der Waals surface area contributed by atoms with E-state index in [0.29, 0.717) is 27.9 Å². The van der Waals surface area contributed by atoms with Gasteiger partial charge >= 0.3 is 0 Å². The lowest BCUT2D eigenvalue weighted by atomic mass is 10.1. The molecule has 0 N–H and O–H groups in total. The largest absolute Gasteiger partial charge is 0.376 e. The van der Waals surface area contributed by atoms with Crippen molar-refractivity contribution in [2.24, 2.45) is 0 Å². The Kier molecular flexibility index (Phi) is 4.69. The molecule has 0 unspecified atom stereocenters. The second kappa shape index (κ2) is 6.98. The van der Waals surface area contributed by atoms with Gasteiger partial charge in [0.2, 0.25) is 0 Å². The van der Waals surface area contributed by atoms with Crippen molar-refractivity contribution in [3.8, 4) is 0 Å². The fourth-order valence-electron chi connectivity index (χ4n) is 3.51. The molecule has 0 bridgehead atoms. The Hall–Kier alpha value is -1.96. The summed E-state index contributed by atoms with van der Waals surface area (Å²) in [6, 6.07) is 7.51. The zero-order chi connectivity index (χ0) is 18.3. The number of hydrogen-bond donors (Lipinski definition) is 0. The molecule has 7 heteroatoms. The first-order chi connectivity index (χ1) is 12.6. The number of rotatable bonds is 4. The van der Waals surface area contributed by atoms with Crippen molar-refractivity contribution in [3.63, 3.8) is 0 Å². The molecule has 3 aliphatic heterocycles. The van der Waals surface area contributed by atoms with Crippen molar-refractivity contribution in [1.29, 1.82) is 0 Å². The van der Waals surface area contributed by atoms with Gasteiger partial charge in [0.05, 0.1) is 28.8 Å². The summed E-state index contributed by atoms with van der Waals surface area (Å²) in [4.78, 5) is 29.7. The third-order valence-corrected chi connectivity index (χ3v) is 6.17. The van der Waals surface area contributed by atoms with Crippen LogP contribution in [0.3, 0.4) is 0 Å². The molecule has 5 nitrogen and oxygen atoms in total. The zero-order valence-electron chi connectivity index (χ0n) is 14.1. The van der Waals surface area contributed by atoms with Crippen LogP contribution in [-0.2, 0) is 14.3 Å². The van der Waals surface area contributed by atoms with Crippen molar-refractivity contribution >= 4 is 51.4 Å². The lowest BCUT2D eigenvalue weighted by Crippen LogP contribution is -2.35. The molecular weight excluding hydrogens is 368 g/mol. The van der Waals surface area contributed by atoms with Crippen LogP contribution in [0.2, 0.25) is 0 Å². The molecule has 26 heavy (non-hydrogen) atoms. The molecule has 1 aromatic carbocycles. The molecule has 134 valence electrons. The van der Waals surface area contributed by atoms with Crippen LogP contribution < -0.4 is 4.90 Å². The van der Waals surface area contributed by atoms with E-state index >= 15 is 0 Å². The average Bonchev–Trinajstić information content (AvgIpc) is 3.31. The molecule has 3 heterocycles. The standard InChI is InChI=1S/C19H18N2O3S2/c1-2-9-20-14-8-4-3-7-13(14)15(17(20)22)16-18(23)21(19(25)26-16)11-12-6-5-10-24-12/h2-4,7-8,12H,1,5-6,9-11H2/b16-15-/t12-/m0/s1. The number of thiocarbonyl (C=S) groups is 1. The number of carbonyl (C=O) groups is 2. The summed E-state index contributed by atoms with van der Waals surface area (Å²) in [6.45, 7) is 5.30. The first-order valence-electron chi connectivity index (χ1n) is 8.53. The van der Waals surface area contributed by atoms with E-state index < -0.39 is 0 Å². The number of ether oxygens (including phenoxy) is 1. The van der Waals surface area contributed by atoms with E-state index in [4.69, 9.17) is 17.0 Å². The molecule has 0 spiro atoms. The number of benzene rings is 1. The van der Waals surface area contributed by atoms with Crippen LogP contribution in [0.4, 0.5) is 5.69 Å². The minimum absolute atomic E-state index is 0.0191. The quantitative estimate of drug-likeness (QED) is 0.452. The van der Waals surface area contributed by atoms with Gasteiger partial charge in [0.15, 0.2) is 0 Å². The number of fused-ring (bicyclic) bond motifs is 1. The summed E-state index contributed by atoms with van der Waals surface area (Å²) in [5.41, 5.74) is 2.02. The average molecular weight is 386 g/mol. The third-order valence-electron chi connectivity index (χ3n) is 4.72. The fourth-order valence-corrected chi connectivity index (χ4v) is 4.86. The molecule has 0 radical (unpaired) electrons. The zero-order valence-corrected chi connectivity index (χ0v) is 15.8. The molecular formula is C19H18N2O3S2. The van der Waals surface area contributed by atoms with Gasteiger partial charge in [0, 0.05) is 18.7 Å². The minimum Gasteiger partial charge on any atom is -0.376 e. The molecule has 1 aromatic rings. The first kappa shape index (κ1) is 17.5. The summed E-state index contributed by atoms with van der Waals surface area (Å²) in [5, 5.41) is 0. The van der Waals surface area contributed by atoms with Gasteiger partial charge in [0.25, 0.3) is 11.8 Å². The monoisotopic (exact) mass is 386 g/mol. The fraction of sp³-hybridized carbons (Fsp3) is 0.316. The minimum atomic E-state index is -0.200. The SMILES string of the molecule is C=CCN1C(=O)/C(=C2\SC(=S)N(C[C@@H]3CCCO3)C2=O)c2ccccc21. The predicted octanol–water partition coefficient (Wildman–Crippen LogP) is 2.97. The molecule has 2 saturated heterocycles. The highest BCUT2D eigenvalue weighted by molar-refractivity contribution is 8.26. The highest BCUT2D eigenvalue weighted by atomic mass is 32.2. The van der Waals surface area contributed by atoms with Gasteiger partial charge in [-0.05, 0) is 18.9 Å². The normalized spacial score (nSPS) is 25.4. The van der Waals surface area contributed by atoms with Crippen LogP contribution in [0.25, 0.3) is 5.57 Å². The van der Waals surface area contributed by atoms with Crippen molar-refractivity contribution in [2.75, 3.05) is 24.6 Å². The Balaban J connectivity index is 1.72. The van der Waals surface area contributed by atoms with Gasteiger partial charge in [-0.3, -0.25) is 14.5 Å². The van der Waals surface area contributed by atoms with E-state index in [1.54, 1.807) is 15.9 Å². The van der Waals surface area contributed by atoms with Gasteiger partial charge in [-0.1, -0.05) is 48.3 Å². The Morgan fingerprint density at radius 2 is 2.08 bits per heavy atom. The van der Waals surface area contributed by atoms with E-state index in [1.165, 1.54) is 11.8 Å². The molecule has 0 aliphatic carbocycles. The van der Waals surface area contributed by atoms with Crippen molar-refractivity contribution in [3.05, 3.63) is 47.4 Å². The maximum Gasteiger partial charge on any atom is 0.267 e. The van der Waals surface area contributed by atoms with Crippen LogP contribution in [0.15, 0.2) is 41.8 Å². The number of anilines is 1. The Morgan fingerprint density at radius 1 is 1.27 bits per heavy atom. The summed E-state index contributed by atoms with van der Waals surface area (Å²) >= 11 is 6.63. The summed E-state index contributed by atoms with van der Waals surface area (Å²) in [7, 11) is 0. The van der Waals surface area contributed by atoms with Crippen molar-refractivity contribution in [1.82, 2.24) is 4.90 Å². The Morgan fingerprint density at radius 3 is 2.81 bits per heavy atom. The van der Waals surface area contributed by atoms with Crippen LogP contribution in [0.1, 0.15) is 18.4 Å². The van der Waals surface area contributed by atoms with Gasteiger partial charge in [-0.25, -0.2) is 0 Å². The molecule has 3 aliphatic rings. The predicted molar refractivity (Wildman–Crippen MR) is 107 cm³/mol. The van der Waals surface area contributed by atoms with Crippen LogP contribution >= 0.6 is 24.0 Å². The lowest BCUT2D eigenvalue weighted by molar-refractivity contribution is -0.123. The molecule has 0 saturated carbocycles. The molecule has 2 fully saturated rings. The summed E-state index contributed by atoms with van der Waals surface area (Å²) in [6.07, 6.45) is 3.63. The third kappa shape index (κ3) is 2.80. The summed E-state index contributed by atoms with van der Waals surface area (Å²) in [5.74, 6) is -0.377. The number of hydrogen-bond acceptors (Lipinski definition) is 5. The highest BCUT2D eigenvalue weighted by Crippen LogP contribution is 2.44. The van der Waals surface area contributed by atoms with E-state index in [2.05, 4.69) is 6.58 Å². The van der Waals surface area contributed by atoms with Crippen LogP contribution in [-0.4, -0.2) is 46.8 Å². The molecule has 1 atom stereocenters. The van der Waals surface area contributed by atoms with Crippen LogP contribution in [0.5, 0.6) is 0 Å². The maximum absolute atomic E-state index is 13.0. The highest BCUT2D eigenvalue weighted by Gasteiger charge is 2.42. The lowest BCUT2D eigenvalue weighted by Gasteiger charge is -2.18. The van der Waals surface area contributed by atoms with Gasteiger partial charge in [-0.2, -0.15) is 0 Å². The van der Waals surface area contributed by atoms with E-state index in [-0.39, 0.29) is 17.9 Å². The van der Waals surface area contributed by atoms with Gasteiger partial charge in [0.1, 0.15) is 4.32 Å². The maximum atomic E-state index is 13.0. The Bertz CT molecular complexity index is 843. The smallest absolute Gasteiger partial charge is 0.267 e. The number of thioether (sulfide) groups is 1. The second-order valence-corrected chi connectivity index (χ2v) is 7.99. The van der Waals surface area contributed by atoms with Gasteiger partial charge in [-0.15, -0.1) is 6.58 Å². The van der Waals surface area contributed by atoms with Gasteiger partial charge < -0.3 is 9.64 Å². The van der Waals surface area contributed by atoms with E-state index in [0.717, 1.165) is 30.7 Å².